The third-order valence-electron chi connectivity index (χ3n) is 3.21. The van der Waals surface area contributed by atoms with Gasteiger partial charge >= 0.3 is 12.1 Å². The average molecular weight is 304 g/mol. The van der Waals surface area contributed by atoms with E-state index in [4.69, 9.17) is 5.11 Å². The highest BCUT2D eigenvalue weighted by atomic mass is 19.4. The molecule has 21 heavy (non-hydrogen) atoms. The van der Waals surface area contributed by atoms with Gasteiger partial charge in [0, 0.05) is 19.2 Å². The molecule has 0 saturated carbocycles. The molecule has 1 heterocycles. The Hall–Kier alpha value is -1.79. The first-order valence-electron chi connectivity index (χ1n) is 6.59. The van der Waals surface area contributed by atoms with Gasteiger partial charge in [0.1, 0.15) is 5.82 Å². The van der Waals surface area contributed by atoms with Gasteiger partial charge in [-0.1, -0.05) is 13.8 Å². The van der Waals surface area contributed by atoms with Gasteiger partial charge < -0.3 is 10.4 Å². The van der Waals surface area contributed by atoms with Crippen LogP contribution in [0, 0.1) is 5.41 Å². The number of nitrogens with zero attached hydrogens (tertiary/aromatic N) is 1. The molecule has 118 valence electrons. The van der Waals surface area contributed by atoms with Crippen molar-refractivity contribution in [2.24, 2.45) is 5.41 Å². The molecule has 0 spiro atoms. The number of nitrogens with one attached hydrogen (secondary N) is 1. The second kappa shape index (κ2) is 6.78. The lowest BCUT2D eigenvalue weighted by Gasteiger charge is -2.24. The maximum atomic E-state index is 12.5. The summed E-state index contributed by atoms with van der Waals surface area (Å²) in [7, 11) is 0. The Morgan fingerprint density at radius 2 is 2.00 bits per heavy atom. The minimum absolute atomic E-state index is 0.0782. The number of hydrogen-bond acceptors (Lipinski definition) is 3. The van der Waals surface area contributed by atoms with Crippen LogP contribution in [-0.4, -0.2) is 22.6 Å². The molecule has 1 aromatic heterocycles. The van der Waals surface area contributed by atoms with Gasteiger partial charge in [-0.15, -0.1) is 0 Å². The highest BCUT2D eigenvalue weighted by Gasteiger charge is 2.30. The number of pyridine rings is 1. The van der Waals surface area contributed by atoms with Crippen molar-refractivity contribution in [2.45, 2.75) is 39.3 Å². The summed E-state index contributed by atoms with van der Waals surface area (Å²) in [6.07, 6.45) is -2.05. The van der Waals surface area contributed by atoms with Crippen molar-refractivity contribution in [1.82, 2.24) is 4.98 Å². The second-order valence-corrected chi connectivity index (χ2v) is 5.66. The highest BCUT2D eigenvalue weighted by Crippen LogP contribution is 2.30. The zero-order chi connectivity index (χ0) is 16.1. The molecule has 0 aromatic carbocycles. The predicted molar refractivity (Wildman–Crippen MR) is 73.0 cm³/mol. The Bertz CT molecular complexity index is 487. The molecule has 1 aromatic rings. The number of alkyl halides is 3. The van der Waals surface area contributed by atoms with E-state index in [9.17, 15) is 18.0 Å². The van der Waals surface area contributed by atoms with E-state index in [-0.39, 0.29) is 17.7 Å². The van der Waals surface area contributed by atoms with E-state index in [2.05, 4.69) is 10.3 Å². The molecule has 7 heteroatoms. The van der Waals surface area contributed by atoms with E-state index in [1.807, 2.05) is 13.8 Å². The zero-order valence-corrected chi connectivity index (χ0v) is 12.0. The van der Waals surface area contributed by atoms with Crippen LogP contribution in [0.2, 0.25) is 0 Å². The maximum absolute atomic E-state index is 12.5. The number of carboxylic acids is 1. The third kappa shape index (κ3) is 6.46. The molecule has 2 N–H and O–H groups in total. The smallest absolute Gasteiger partial charge is 0.416 e. The first-order chi connectivity index (χ1) is 9.60. The van der Waals surface area contributed by atoms with Gasteiger partial charge in [0.05, 0.1) is 5.56 Å². The summed E-state index contributed by atoms with van der Waals surface area (Å²) in [6, 6.07) is 1.88. The van der Waals surface area contributed by atoms with Crippen molar-refractivity contribution in [3.63, 3.8) is 0 Å². The zero-order valence-electron chi connectivity index (χ0n) is 12.0. The van der Waals surface area contributed by atoms with Crippen molar-refractivity contribution in [1.29, 1.82) is 0 Å². The Kier molecular flexibility index (Phi) is 5.57. The Balaban J connectivity index is 2.51. The lowest BCUT2D eigenvalue weighted by atomic mass is 9.84. The number of aliphatic carboxylic acids is 1. The van der Waals surface area contributed by atoms with Crippen LogP contribution in [0.1, 0.15) is 38.7 Å². The quantitative estimate of drug-likeness (QED) is 0.804. The summed E-state index contributed by atoms with van der Waals surface area (Å²) in [5.74, 6) is -0.686. The van der Waals surface area contributed by atoms with Crippen LogP contribution in [0.5, 0.6) is 0 Å². The minimum atomic E-state index is -4.39. The van der Waals surface area contributed by atoms with Crippen molar-refractivity contribution >= 4 is 11.8 Å². The monoisotopic (exact) mass is 304 g/mol. The largest absolute Gasteiger partial charge is 0.481 e. The van der Waals surface area contributed by atoms with E-state index < -0.39 is 17.7 Å². The third-order valence-corrected chi connectivity index (χ3v) is 3.21. The lowest BCUT2D eigenvalue weighted by Crippen LogP contribution is -2.18. The van der Waals surface area contributed by atoms with Crippen LogP contribution in [0.4, 0.5) is 19.0 Å². The molecule has 0 aliphatic heterocycles. The summed E-state index contributed by atoms with van der Waals surface area (Å²) >= 11 is 0. The Morgan fingerprint density at radius 3 is 2.57 bits per heavy atom. The normalized spacial score (nSPS) is 12.2. The van der Waals surface area contributed by atoms with E-state index in [1.54, 1.807) is 0 Å². The van der Waals surface area contributed by atoms with Gasteiger partial charge in [0.2, 0.25) is 0 Å². The van der Waals surface area contributed by atoms with Crippen molar-refractivity contribution in [3.05, 3.63) is 23.9 Å². The number of halogens is 3. The maximum Gasteiger partial charge on any atom is 0.416 e. The van der Waals surface area contributed by atoms with Gasteiger partial charge in [-0.25, -0.2) is 4.98 Å². The molecule has 0 amide bonds. The molecule has 0 fully saturated rings. The fourth-order valence-corrected chi connectivity index (χ4v) is 1.80. The van der Waals surface area contributed by atoms with E-state index in [0.29, 0.717) is 19.4 Å². The van der Waals surface area contributed by atoms with Gasteiger partial charge in [-0.3, -0.25) is 4.79 Å². The number of anilines is 1. The molecular formula is C14H19F3N2O2. The summed E-state index contributed by atoms with van der Waals surface area (Å²) < 4.78 is 37.6. The van der Waals surface area contributed by atoms with Gasteiger partial charge in [0.15, 0.2) is 0 Å². The fraction of sp³-hybridized carbons (Fsp3) is 0.571. The van der Waals surface area contributed by atoms with Crippen molar-refractivity contribution in [2.75, 3.05) is 11.9 Å². The number of rotatable bonds is 7. The van der Waals surface area contributed by atoms with Crippen LogP contribution in [0.3, 0.4) is 0 Å². The summed E-state index contributed by atoms with van der Waals surface area (Å²) in [4.78, 5) is 14.4. The average Bonchev–Trinajstić information content (AvgIpc) is 2.36. The number of carboxylic acid groups (broad SMARTS) is 1. The highest BCUT2D eigenvalue weighted by molar-refractivity contribution is 5.66. The summed E-state index contributed by atoms with van der Waals surface area (Å²) in [5, 5.41) is 11.5. The van der Waals surface area contributed by atoms with E-state index >= 15 is 0 Å². The van der Waals surface area contributed by atoms with E-state index in [0.717, 1.165) is 18.3 Å². The summed E-state index contributed by atoms with van der Waals surface area (Å²) in [6.45, 7) is 4.29. The first-order valence-corrected chi connectivity index (χ1v) is 6.59. The standard InChI is InChI=1S/C14H19F3N2O2/c1-13(2,5-3-12(20)21)6-8-19-11-9-10(4-7-18-11)14(15,16)17/h4,7,9H,3,5-6,8H2,1-2H3,(H,18,19)(H,20,21). The van der Waals surface area contributed by atoms with Gasteiger partial charge in [-0.2, -0.15) is 13.2 Å². The van der Waals surface area contributed by atoms with Crippen molar-refractivity contribution < 1.29 is 23.1 Å². The van der Waals surface area contributed by atoms with Crippen LogP contribution in [0.25, 0.3) is 0 Å². The Morgan fingerprint density at radius 1 is 1.33 bits per heavy atom. The molecule has 0 bridgehead atoms. The lowest BCUT2D eigenvalue weighted by molar-refractivity contribution is -0.138. The van der Waals surface area contributed by atoms with E-state index in [1.165, 1.54) is 0 Å². The number of hydrogen-bond donors (Lipinski definition) is 2. The molecule has 0 radical (unpaired) electrons. The molecular weight excluding hydrogens is 285 g/mol. The molecule has 0 unspecified atom stereocenters. The van der Waals surface area contributed by atoms with Crippen LogP contribution >= 0.6 is 0 Å². The van der Waals surface area contributed by atoms with Crippen LogP contribution in [0.15, 0.2) is 18.3 Å². The van der Waals surface area contributed by atoms with Gasteiger partial charge in [-0.05, 0) is 30.4 Å². The molecule has 1 rings (SSSR count). The van der Waals surface area contributed by atoms with Crippen LogP contribution < -0.4 is 5.32 Å². The SMILES string of the molecule is CC(C)(CCNc1cc(C(F)(F)F)ccn1)CCC(=O)O. The molecule has 0 atom stereocenters. The molecule has 0 aliphatic rings. The van der Waals surface area contributed by atoms with Crippen LogP contribution in [-0.2, 0) is 11.0 Å². The molecule has 4 nitrogen and oxygen atoms in total. The fourth-order valence-electron chi connectivity index (χ4n) is 1.80. The number of carbonyl (C=O) groups is 1. The minimum Gasteiger partial charge on any atom is -0.481 e. The molecule has 0 saturated heterocycles. The Labute approximate surface area is 121 Å². The van der Waals surface area contributed by atoms with Crippen molar-refractivity contribution in [3.8, 4) is 0 Å². The number of aromatic nitrogens is 1. The summed E-state index contributed by atoms with van der Waals surface area (Å²) in [5.41, 5.74) is -0.947. The second-order valence-electron chi connectivity index (χ2n) is 5.66. The molecule has 0 aliphatic carbocycles. The first kappa shape index (κ1) is 17.3. The topological polar surface area (TPSA) is 62.2 Å². The predicted octanol–water partition coefficient (Wildman–Crippen LogP) is 3.79. The van der Waals surface area contributed by atoms with Gasteiger partial charge in [0.25, 0.3) is 0 Å².